The van der Waals surface area contributed by atoms with Crippen molar-refractivity contribution in [2.75, 3.05) is 31.1 Å². The predicted octanol–water partition coefficient (Wildman–Crippen LogP) is 3.13. The van der Waals surface area contributed by atoms with Crippen molar-refractivity contribution in [2.24, 2.45) is 5.73 Å². The van der Waals surface area contributed by atoms with Crippen LogP contribution in [0.25, 0.3) is 0 Å². The van der Waals surface area contributed by atoms with E-state index in [0.717, 1.165) is 5.56 Å². The summed E-state index contributed by atoms with van der Waals surface area (Å²) in [4.78, 5) is 20.7. The molecule has 1 aromatic carbocycles. The number of hydrogen-bond donors (Lipinski definition) is 1. The number of rotatable bonds is 4. The zero-order valence-corrected chi connectivity index (χ0v) is 15.2. The summed E-state index contributed by atoms with van der Waals surface area (Å²) in [5, 5.41) is 1.04. The molecule has 1 saturated heterocycles. The molecule has 2 heterocycles. The van der Waals surface area contributed by atoms with Crippen molar-refractivity contribution in [1.82, 2.24) is 9.88 Å². The summed E-state index contributed by atoms with van der Waals surface area (Å²) >= 11 is 12.1. The highest BCUT2D eigenvalue weighted by molar-refractivity contribution is 6.36. The molecule has 1 fully saturated rings. The van der Waals surface area contributed by atoms with E-state index in [9.17, 15) is 4.79 Å². The highest BCUT2D eigenvalue weighted by Gasteiger charge is 2.24. The van der Waals surface area contributed by atoms with Gasteiger partial charge in [-0.05, 0) is 11.6 Å². The van der Waals surface area contributed by atoms with Gasteiger partial charge in [-0.2, -0.15) is 0 Å². The maximum Gasteiger partial charge on any atom is 0.224 e. The Morgan fingerprint density at radius 2 is 1.84 bits per heavy atom. The van der Waals surface area contributed by atoms with E-state index < -0.39 is 0 Å². The van der Waals surface area contributed by atoms with E-state index in [0.29, 0.717) is 48.5 Å². The molecular formula is C18H20Cl2N4O. The molecule has 0 bridgehead atoms. The van der Waals surface area contributed by atoms with E-state index >= 15 is 0 Å². The van der Waals surface area contributed by atoms with Crippen molar-refractivity contribution < 1.29 is 4.79 Å². The molecule has 1 aliphatic rings. The van der Waals surface area contributed by atoms with Crippen LogP contribution < -0.4 is 10.6 Å². The predicted molar refractivity (Wildman–Crippen MR) is 101 cm³/mol. The zero-order valence-electron chi connectivity index (χ0n) is 13.7. The molecule has 0 radical (unpaired) electrons. The molecule has 1 unspecified atom stereocenters. The van der Waals surface area contributed by atoms with Crippen LogP contribution in [0.3, 0.4) is 0 Å². The largest absolute Gasteiger partial charge is 0.352 e. The first-order valence-electron chi connectivity index (χ1n) is 8.19. The van der Waals surface area contributed by atoms with E-state index in [1.807, 2.05) is 35.2 Å². The average Bonchev–Trinajstić information content (AvgIpc) is 2.62. The summed E-state index contributed by atoms with van der Waals surface area (Å²) in [6.07, 6.45) is 1.89. The normalized spacial score (nSPS) is 16.0. The van der Waals surface area contributed by atoms with Crippen LogP contribution in [-0.4, -0.2) is 42.0 Å². The average molecular weight is 379 g/mol. The van der Waals surface area contributed by atoms with E-state index in [4.69, 9.17) is 28.9 Å². The third-order valence-corrected chi connectivity index (χ3v) is 4.83. The number of pyridine rings is 1. The third-order valence-electron chi connectivity index (χ3n) is 4.34. The summed E-state index contributed by atoms with van der Waals surface area (Å²) in [5.74, 6) is 0.783. The molecule has 0 saturated carbocycles. The Balaban J connectivity index is 1.56. The van der Waals surface area contributed by atoms with Crippen molar-refractivity contribution in [3.63, 3.8) is 0 Å². The first-order valence-corrected chi connectivity index (χ1v) is 8.94. The Morgan fingerprint density at radius 3 is 2.48 bits per heavy atom. The number of hydrogen-bond acceptors (Lipinski definition) is 4. The second kappa shape index (κ2) is 8.04. The van der Waals surface area contributed by atoms with Crippen LogP contribution in [0.4, 0.5) is 5.82 Å². The Bertz CT molecular complexity index is 733. The van der Waals surface area contributed by atoms with E-state index in [1.165, 1.54) is 0 Å². The van der Waals surface area contributed by atoms with Crippen molar-refractivity contribution in [1.29, 1.82) is 0 Å². The SMILES string of the molecule is NC(CC(=O)N1CCN(c2ncc(Cl)cc2Cl)CC1)c1ccccc1. The highest BCUT2D eigenvalue weighted by Crippen LogP contribution is 2.27. The molecule has 1 aliphatic heterocycles. The Labute approximate surface area is 157 Å². The lowest BCUT2D eigenvalue weighted by Gasteiger charge is -2.36. The van der Waals surface area contributed by atoms with Gasteiger partial charge in [0.2, 0.25) is 5.91 Å². The summed E-state index contributed by atoms with van der Waals surface area (Å²) in [6, 6.07) is 11.1. The maximum absolute atomic E-state index is 12.5. The molecule has 1 aromatic heterocycles. The number of aromatic nitrogens is 1. The van der Waals surface area contributed by atoms with Crippen molar-refractivity contribution >= 4 is 34.9 Å². The summed E-state index contributed by atoms with van der Waals surface area (Å²) in [5.41, 5.74) is 7.14. The van der Waals surface area contributed by atoms with Crippen LogP contribution in [0.2, 0.25) is 10.0 Å². The number of anilines is 1. The van der Waals surface area contributed by atoms with E-state index in [1.54, 1.807) is 12.3 Å². The van der Waals surface area contributed by atoms with Crippen LogP contribution in [0, 0.1) is 0 Å². The van der Waals surface area contributed by atoms with Gasteiger partial charge in [0.25, 0.3) is 0 Å². The fourth-order valence-corrected chi connectivity index (χ4v) is 3.44. The van der Waals surface area contributed by atoms with Gasteiger partial charge >= 0.3 is 0 Å². The lowest BCUT2D eigenvalue weighted by Crippen LogP contribution is -2.49. The van der Waals surface area contributed by atoms with Crippen LogP contribution in [0.5, 0.6) is 0 Å². The number of carbonyl (C=O) groups excluding carboxylic acids is 1. The Kier molecular flexibility index (Phi) is 5.78. The number of amides is 1. The second-order valence-electron chi connectivity index (χ2n) is 6.05. The number of carbonyl (C=O) groups is 1. The zero-order chi connectivity index (χ0) is 17.8. The maximum atomic E-state index is 12.5. The molecular weight excluding hydrogens is 359 g/mol. The lowest BCUT2D eigenvalue weighted by molar-refractivity contribution is -0.131. The van der Waals surface area contributed by atoms with Gasteiger partial charge in [0.05, 0.1) is 10.0 Å². The quantitative estimate of drug-likeness (QED) is 0.887. The number of nitrogens with two attached hydrogens (primary N) is 1. The molecule has 3 rings (SSSR count). The molecule has 2 N–H and O–H groups in total. The molecule has 5 nitrogen and oxygen atoms in total. The number of piperazine rings is 1. The topological polar surface area (TPSA) is 62.5 Å². The van der Waals surface area contributed by atoms with E-state index in [2.05, 4.69) is 9.88 Å². The Hall–Kier alpha value is -1.82. The fraction of sp³-hybridized carbons (Fsp3) is 0.333. The Morgan fingerprint density at radius 1 is 1.16 bits per heavy atom. The molecule has 7 heteroatoms. The van der Waals surface area contributed by atoms with Crippen LogP contribution in [-0.2, 0) is 4.79 Å². The monoisotopic (exact) mass is 378 g/mol. The molecule has 25 heavy (non-hydrogen) atoms. The first kappa shape index (κ1) is 18.0. The molecule has 1 amide bonds. The summed E-state index contributed by atoms with van der Waals surface area (Å²) < 4.78 is 0. The van der Waals surface area contributed by atoms with Gasteiger partial charge in [0.1, 0.15) is 5.82 Å². The van der Waals surface area contributed by atoms with Crippen molar-refractivity contribution in [3.8, 4) is 0 Å². The highest BCUT2D eigenvalue weighted by atomic mass is 35.5. The summed E-state index contributed by atoms with van der Waals surface area (Å²) in [6.45, 7) is 2.61. The number of halogens is 2. The smallest absolute Gasteiger partial charge is 0.224 e. The van der Waals surface area contributed by atoms with Gasteiger partial charge in [-0.25, -0.2) is 4.98 Å². The van der Waals surface area contributed by atoms with Crippen LogP contribution >= 0.6 is 23.2 Å². The second-order valence-corrected chi connectivity index (χ2v) is 6.89. The first-order chi connectivity index (χ1) is 12.0. The van der Waals surface area contributed by atoms with Crippen LogP contribution in [0.1, 0.15) is 18.0 Å². The van der Waals surface area contributed by atoms with Gasteiger partial charge in [0, 0.05) is 44.8 Å². The van der Waals surface area contributed by atoms with E-state index in [-0.39, 0.29) is 11.9 Å². The standard InChI is InChI=1S/C18H20Cl2N4O/c19-14-10-15(20)18(22-12-14)24-8-6-23(7-9-24)17(25)11-16(21)13-4-2-1-3-5-13/h1-5,10,12,16H,6-9,11,21H2. The van der Waals surface area contributed by atoms with Gasteiger partial charge in [0.15, 0.2) is 0 Å². The van der Waals surface area contributed by atoms with Gasteiger partial charge in [-0.15, -0.1) is 0 Å². The molecule has 0 spiro atoms. The molecule has 0 aliphatic carbocycles. The third kappa shape index (κ3) is 4.42. The fourth-order valence-electron chi connectivity index (χ4n) is 2.94. The van der Waals surface area contributed by atoms with Gasteiger partial charge in [-0.3, -0.25) is 4.79 Å². The van der Waals surface area contributed by atoms with Crippen molar-refractivity contribution in [2.45, 2.75) is 12.5 Å². The summed E-state index contributed by atoms with van der Waals surface area (Å²) in [7, 11) is 0. The van der Waals surface area contributed by atoms with Crippen LogP contribution in [0.15, 0.2) is 42.6 Å². The molecule has 132 valence electrons. The minimum atomic E-state index is -0.279. The molecule has 1 atom stereocenters. The van der Waals surface area contributed by atoms with Gasteiger partial charge < -0.3 is 15.5 Å². The molecule has 2 aromatic rings. The van der Waals surface area contributed by atoms with Gasteiger partial charge in [-0.1, -0.05) is 53.5 Å². The number of nitrogens with zero attached hydrogens (tertiary/aromatic N) is 3. The minimum absolute atomic E-state index is 0.0752. The lowest BCUT2D eigenvalue weighted by atomic mass is 10.0. The number of benzene rings is 1. The minimum Gasteiger partial charge on any atom is -0.352 e. The van der Waals surface area contributed by atoms with Crippen molar-refractivity contribution in [3.05, 3.63) is 58.2 Å².